The molecule has 6 nitrogen and oxygen atoms in total. The number of nitrogens with one attached hydrogen (secondary N) is 2. The van der Waals surface area contributed by atoms with Crippen molar-refractivity contribution >= 4 is 34.3 Å². The van der Waals surface area contributed by atoms with Crippen LogP contribution in [0.25, 0.3) is 10.9 Å². The maximum absolute atomic E-state index is 13.0. The summed E-state index contributed by atoms with van der Waals surface area (Å²) in [5.74, 6) is -1.23. The Hall–Kier alpha value is -3.41. The monoisotopic (exact) mass is 378 g/mol. The average Bonchev–Trinajstić information content (AvgIpc) is 2.97. The Morgan fingerprint density at radius 2 is 1.75 bits per heavy atom. The van der Waals surface area contributed by atoms with Gasteiger partial charge in [0.15, 0.2) is 6.10 Å². The number of benzene rings is 2. The number of anilines is 1. The second-order valence-electron chi connectivity index (χ2n) is 6.76. The van der Waals surface area contributed by atoms with E-state index in [0.717, 1.165) is 22.2 Å². The Morgan fingerprint density at radius 1 is 1.04 bits per heavy atom. The molecule has 2 N–H and O–H groups in total. The van der Waals surface area contributed by atoms with Crippen LogP contribution in [0.5, 0.6) is 0 Å². The topological polar surface area (TPSA) is 88.3 Å². The van der Waals surface area contributed by atoms with Crippen molar-refractivity contribution in [2.24, 2.45) is 0 Å². The Balaban J connectivity index is 1.87. The number of fused-ring (bicyclic) bond motifs is 1. The molecule has 144 valence electrons. The van der Waals surface area contributed by atoms with Gasteiger partial charge in [-0.05, 0) is 38.5 Å². The van der Waals surface area contributed by atoms with Crippen molar-refractivity contribution < 1.29 is 19.1 Å². The zero-order chi connectivity index (χ0) is 20.4. The number of ether oxygens (including phenoxy) is 1. The first kappa shape index (κ1) is 19.4. The van der Waals surface area contributed by atoms with Gasteiger partial charge in [-0.15, -0.1) is 0 Å². The van der Waals surface area contributed by atoms with Crippen LogP contribution in [0.2, 0.25) is 0 Å². The number of aromatic amines is 1. The third kappa shape index (κ3) is 3.67. The Kier molecular flexibility index (Phi) is 5.31. The van der Waals surface area contributed by atoms with E-state index in [-0.39, 0.29) is 17.3 Å². The van der Waals surface area contributed by atoms with Gasteiger partial charge in [0.1, 0.15) is 0 Å². The molecule has 0 bridgehead atoms. The summed E-state index contributed by atoms with van der Waals surface area (Å²) in [5, 5.41) is 3.45. The molecule has 0 aliphatic carbocycles. The molecule has 0 aliphatic heterocycles. The molecule has 3 rings (SSSR count). The average molecular weight is 378 g/mol. The lowest BCUT2D eigenvalue weighted by Crippen LogP contribution is -2.25. The van der Waals surface area contributed by atoms with Crippen molar-refractivity contribution in [1.82, 2.24) is 4.98 Å². The molecule has 0 saturated heterocycles. The first-order valence-electron chi connectivity index (χ1n) is 8.99. The lowest BCUT2D eigenvalue weighted by molar-refractivity contribution is -0.114. The second kappa shape index (κ2) is 7.68. The van der Waals surface area contributed by atoms with Gasteiger partial charge in [-0.2, -0.15) is 0 Å². The third-order valence-electron chi connectivity index (χ3n) is 4.59. The summed E-state index contributed by atoms with van der Waals surface area (Å²) < 4.78 is 5.45. The summed E-state index contributed by atoms with van der Waals surface area (Å²) in [6.07, 6.45) is -0.976. The van der Waals surface area contributed by atoms with Crippen LogP contribution in [0.3, 0.4) is 0 Å². The van der Waals surface area contributed by atoms with Crippen molar-refractivity contribution in [2.45, 2.75) is 33.8 Å². The molecule has 1 atom stereocenters. The molecule has 1 aromatic heterocycles. The number of rotatable bonds is 5. The number of carbonyl (C=O) groups is 3. The predicted molar refractivity (Wildman–Crippen MR) is 108 cm³/mol. The molecule has 0 spiro atoms. The number of aromatic nitrogens is 1. The fourth-order valence-electron chi connectivity index (χ4n) is 3.25. The van der Waals surface area contributed by atoms with Crippen LogP contribution in [0.1, 0.15) is 45.8 Å². The number of Topliss-reactive ketones (excluding diaryl/α,β-unsaturated/α-hetero) is 1. The van der Waals surface area contributed by atoms with Crippen LogP contribution in [0.4, 0.5) is 5.69 Å². The molecule has 1 amide bonds. The molecule has 0 saturated carbocycles. The quantitative estimate of drug-likeness (QED) is 0.515. The van der Waals surface area contributed by atoms with Crippen molar-refractivity contribution in [2.75, 3.05) is 5.32 Å². The number of aryl methyl sites for hydroxylation is 2. The minimum atomic E-state index is -0.976. The van der Waals surface area contributed by atoms with Crippen molar-refractivity contribution in [1.29, 1.82) is 0 Å². The highest BCUT2D eigenvalue weighted by Gasteiger charge is 2.26. The molecular formula is C22H22N2O4. The summed E-state index contributed by atoms with van der Waals surface area (Å²) in [5.41, 5.74) is 3.43. The van der Waals surface area contributed by atoms with E-state index in [1.54, 1.807) is 32.0 Å². The number of H-pyrrole nitrogens is 1. The number of ketones is 1. The first-order chi connectivity index (χ1) is 13.3. The number of hydrogen-bond donors (Lipinski definition) is 2. The van der Waals surface area contributed by atoms with Gasteiger partial charge in [0.25, 0.3) is 0 Å². The van der Waals surface area contributed by atoms with E-state index in [1.807, 2.05) is 31.2 Å². The largest absolute Gasteiger partial charge is 0.451 e. The molecule has 1 heterocycles. The zero-order valence-corrected chi connectivity index (χ0v) is 16.3. The van der Waals surface area contributed by atoms with Gasteiger partial charge in [-0.1, -0.05) is 30.3 Å². The lowest BCUT2D eigenvalue weighted by Gasteiger charge is -2.16. The molecule has 0 radical (unpaired) electrons. The maximum atomic E-state index is 13.0. The fraction of sp³-hybridized carbons (Fsp3) is 0.227. The van der Waals surface area contributed by atoms with Crippen molar-refractivity contribution in [3.63, 3.8) is 0 Å². The number of hydrogen-bond acceptors (Lipinski definition) is 4. The van der Waals surface area contributed by atoms with Gasteiger partial charge in [0.05, 0.1) is 11.3 Å². The molecule has 2 aromatic carbocycles. The summed E-state index contributed by atoms with van der Waals surface area (Å²) in [4.78, 5) is 40.3. The normalized spacial score (nSPS) is 11.9. The Labute approximate surface area is 162 Å². The van der Waals surface area contributed by atoms with Gasteiger partial charge >= 0.3 is 5.97 Å². The van der Waals surface area contributed by atoms with Crippen LogP contribution in [0, 0.1) is 13.8 Å². The van der Waals surface area contributed by atoms with Crippen LogP contribution in [-0.4, -0.2) is 28.7 Å². The van der Waals surface area contributed by atoms with Gasteiger partial charge < -0.3 is 15.0 Å². The Morgan fingerprint density at radius 3 is 2.46 bits per heavy atom. The number of carbonyl (C=O) groups excluding carboxylic acids is 3. The molecule has 1 unspecified atom stereocenters. The van der Waals surface area contributed by atoms with E-state index < -0.39 is 12.1 Å². The summed E-state index contributed by atoms with van der Waals surface area (Å²) >= 11 is 0. The van der Waals surface area contributed by atoms with Crippen LogP contribution >= 0.6 is 0 Å². The number of esters is 1. The zero-order valence-electron chi connectivity index (χ0n) is 16.3. The van der Waals surface area contributed by atoms with Crippen molar-refractivity contribution in [3.8, 4) is 0 Å². The molecule has 28 heavy (non-hydrogen) atoms. The van der Waals surface area contributed by atoms with Gasteiger partial charge in [0.2, 0.25) is 11.7 Å². The standard InChI is InChI=1S/C22H22N2O4/c1-12-8-7-10-17(20(12)24-15(4)25)22(27)28-14(3)21(26)19-13(2)23-18-11-6-5-9-16(18)19/h5-11,14,23H,1-4H3,(H,24,25). The second-order valence-corrected chi connectivity index (χ2v) is 6.76. The van der Waals surface area contributed by atoms with Crippen LogP contribution in [0.15, 0.2) is 42.5 Å². The lowest BCUT2D eigenvalue weighted by atomic mass is 10.0. The van der Waals surface area contributed by atoms with Crippen LogP contribution < -0.4 is 5.32 Å². The molecule has 3 aromatic rings. The van der Waals surface area contributed by atoms with Gasteiger partial charge in [0, 0.05) is 29.1 Å². The summed E-state index contributed by atoms with van der Waals surface area (Å²) in [6.45, 7) is 6.52. The van der Waals surface area contributed by atoms with Crippen molar-refractivity contribution in [3.05, 3.63) is 64.8 Å². The summed E-state index contributed by atoms with van der Waals surface area (Å²) in [7, 11) is 0. The van der Waals surface area contributed by atoms with E-state index in [1.165, 1.54) is 6.92 Å². The van der Waals surface area contributed by atoms with Gasteiger partial charge in [-0.25, -0.2) is 4.79 Å². The van der Waals surface area contributed by atoms with Gasteiger partial charge in [-0.3, -0.25) is 9.59 Å². The van der Waals surface area contributed by atoms with Crippen LogP contribution in [-0.2, 0) is 9.53 Å². The molecular weight excluding hydrogens is 356 g/mol. The highest BCUT2D eigenvalue weighted by atomic mass is 16.5. The fourth-order valence-corrected chi connectivity index (χ4v) is 3.25. The van der Waals surface area contributed by atoms with E-state index in [2.05, 4.69) is 10.3 Å². The minimum absolute atomic E-state index is 0.213. The smallest absolute Gasteiger partial charge is 0.340 e. The van der Waals surface area contributed by atoms with E-state index in [0.29, 0.717) is 11.3 Å². The first-order valence-corrected chi connectivity index (χ1v) is 8.99. The SMILES string of the molecule is CC(=O)Nc1c(C)cccc1C(=O)OC(C)C(=O)c1c(C)[nH]c2ccccc12. The summed E-state index contributed by atoms with van der Waals surface area (Å²) in [6, 6.07) is 12.5. The third-order valence-corrected chi connectivity index (χ3v) is 4.59. The Bertz CT molecular complexity index is 1080. The predicted octanol–water partition coefficient (Wildman–Crippen LogP) is 4.17. The number of amides is 1. The van der Waals surface area contributed by atoms with E-state index in [4.69, 9.17) is 4.74 Å². The van der Waals surface area contributed by atoms with E-state index in [9.17, 15) is 14.4 Å². The maximum Gasteiger partial charge on any atom is 0.340 e. The molecule has 0 aliphatic rings. The minimum Gasteiger partial charge on any atom is -0.451 e. The van der Waals surface area contributed by atoms with E-state index >= 15 is 0 Å². The molecule has 0 fully saturated rings. The highest BCUT2D eigenvalue weighted by molar-refractivity contribution is 6.12. The highest BCUT2D eigenvalue weighted by Crippen LogP contribution is 2.25. The molecule has 6 heteroatoms. The number of para-hydroxylation sites is 2.